The van der Waals surface area contributed by atoms with Gasteiger partial charge < -0.3 is 0 Å². The SMILES string of the molecule is Cn1ncc(CN2CCCC2c2nc3ccccc3c(=O)n2C)cc1=O. The number of rotatable bonds is 3. The molecule has 0 N–H and O–H groups in total. The molecular formula is C19H21N5O2. The lowest BCUT2D eigenvalue weighted by Crippen LogP contribution is -2.31. The minimum Gasteiger partial charge on any atom is -0.298 e. The molecule has 7 heteroatoms. The van der Waals surface area contributed by atoms with Gasteiger partial charge in [0.2, 0.25) is 0 Å². The van der Waals surface area contributed by atoms with Gasteiger partial charge >= 0.3 is 0 Å². The number of hydrogen-bond acceptors (Lipinski definition) is 5. The molecule has 0 aliphatic carbocycles. The van der Waals surface area contributed by atoms with Crippen LogP contribution in [0.15, 0.2) is 46.1 Å². The lowest BCUT2D eigenvalue weighted by Gasteiger charge is -2.25. The van der Waals surface area contributed by atoms with E-state index in [1.165, 1.54) is 4.68 Å². The quantitative estimate of drug-likeness (QED) is 0.712. The number of hydrogen-bond donors (Lipinski definition) is 0. The van der Waals surface area contributed by atoms with Gasteiger partial charge in [-0.15, -0.1) is 0 Å². The lowest BCUT2D eigenvalue weighted by atomic mass is 10.1. The van der Waals surface area contributed by atoms with Gasteiger partial charge in [0.05, 0.1) is 23.1 Å². The van der Waals surface area contributed by atoms with Gasteiger partial charge in [-0.25, -0.2) is 9.67 Å². The molecule has 26 heavy (non-hydrogen) atoms. The van der Waals surface area contributed by atoms with Crippen molar-refractivity contribution >= 4 is 10.9 Å². The van der Waals surface area contributed by atoms with E-state index >= 15 is 0 Å². The zero-order valence-corrected chi connectivity index (χ0v) is 14.9. The van der Waals surface area contributed by atoms with Crippen LogP contribution in [0, 0.1) is 0 Å². The van der Waals surface area contributed by atoms with Gasteiger partial charge in [0.25, 0.3) is 11.1 Å². The molecule has 1 unspecified atom stereocenters. The molecule has 4 rings (SSSR count). The zero-order valence-electron chi connectivity index (χ0n) is 14.9. The van der Waals surface area contributed by atoms with Crippen molar-refractivity contribution in [3.05, 3.63) is 68.6 Å². The number of fused-ring (bicyclic) bond motifs is 1. The maximum absolute atomic E-state index is 12.7. The maximum atomic E-state index is 12.7. The number of nitrogens with zero attached hydrogens (tertiary/aromatic N) is 5. The molecular weight excluding hydrogens is 330 g/mol. The van der Waals surface area contributed by atoms with Crippen LogP contribution in [-0.2, 0) is 20.6 Å². The Labute approximate surface area is 150 Å². The number of likely N-dealkylation sites (tertiary alicyclic amines) is 1. The predicted molar refractivity (Wildman–Crippen MR) is 98.8 cm³/mol. The van der Waals surface area contributed by atoms with E-state index in [0.29, 0.717) is 11.9 Å². The van der Waals surface area contributed by atoms with Crippen molar-refractivity contribution in [3.63, 3.8) is 0 Å². The Kier molecular flexibility index (Phi) is 4.16. The Balaban J connectivity index is 1.71. The van der Waals surface area contributed by atoms with Crippen LogP contribution in [0.25, 0.3) is 10.9 Å². The van der Waals surface area contributed by atoms with Gasteiger partial charge in [0.1, 0.15) is 5.82 Å². The molecule has 1 fully saturated rings. The second kappa shape index (κ2) is 6.49. The van der Waals surface area contributed by atoms with Crippen LogP contribution in [0.2, 0.25) is 0 Å². The van der Waals surface area contributed by atoms with Gasteiger partial charge in [0, 0.05) is 26.7 Å². The highest BCUT2D eigenvalue weighted by molar-refractivity contribution is 5.77. The highest BCUT2D eigenvalue weighted by Crippen LogP contribution is 2.31. The standard InChI is InChI=1S/C19H21N5O2/c1-22-18(21-15-7-4-3-6-14(15)19(22)26)16-8-5-9-24(16)12-13-10-17(25)23(2)20-11-13/h3-4,6-7,10-11,16H,5,8-9,12H2,1-2H3. The van der Waals surface area contributed by atoms with Gasteiger partial charge in [-0.1, -0.05) is 12.1 Å². The summed E-state index contributed by atoms with van der Waals surface area (Å²) in [5.74, 6) is 0.781. The van der Waals surface area contributed by atoms with E-state index in [4.69, 9.17) is 4.98 Å². The normalized spacial score (nSPS) is 17.8. The van der Waals surface area contributed by atoms with E-state index in [1.54, 1.807) is 30.9 Å². The van der Waals surface area contributed by atoms with Crippen LogP contribution >= 0.6 is 0 Å². The van der Waals surface area contributed by atoms with Crippen LogP contribution < -0.4 is 11.1 Å². The molecule has 7 nitrogen and oxygen atoms in total. The molecule has 3 aromatic rings. The Hall–Kier alpha value is -2.80. The zero-order chi connectivity index (χ0) is 18.3. The molecule has 1 aromatic carbocycles. The van der Waals surface area contributed by atoms with Gasteiger partial charge in [0.15, 0.2) is 0 Å². The largest absolute Gasteiger partial charge is 0.298 e. The molecule has 1 aliphatic rings. The molecule has 0 spiro atoms. The van der Waals surface area contributed by atoms with E-state index in [-0.39, 0.29) is 17.2 Å². The number of benzene rings is 1. The van der Waals surface area contributed by atoms with Crippen LogP contribution in [0.5, 0.6) is 0 Å². The average Bonchev–Trinajstić information content (AvgIpc) is 3.09. The van der Waals surface area contributed by atoms with Crippen LogP contribution in [0.4, 0.5) is 0 Å². The van der Waals surface area contributed by atoms with Crippen LogP contribution in [0.3, 0.4) is 0 Å². The van der Waals surface area contributed by atoms with Crippen molar-refractivity contribution in [1.82, 2.24) is 24.2 Å². The summed E-state index contributed by atoms with van der Waals surface area (Å²) in [4.78, 5) is 31.6. The second-order valence-electron chi connectivity index (χ2n) is 6.81. The third-order valence-electron chi connectivity index (χ3n) is 5.09. The Morgan fingerprint density at radius 1 is 1.19 bits per heavy atom. The fourth-order valence-electron chi connectivity index (χ4n) is 3.67. The topological polar surface area (TPSA) is 73.0 Å². The Morgan fingerprint density at radius 2 is 2.00 bits per heavy atom. The lowest BCUT2D eigenvalue weighted by molar-refractivity contribution is 0.234. The Morgan fingerprint density at radius 3 is 2.81 bits per heavy atom. The molecule has 3 heterocycles. The first-order chi connectivity index (χ1) is 12.5. The summed E-state index contributed by atoms with van der Waals surface area (Å²) in [6.45, 7) is 1.53. The van der Waals surface area contributed by atoms with E-state index < -0.39 is 0 Å². The number of aromatic nitrogens is 4. The van der Waals surface area contributed by atoms with Crippen LogP contribution in [-0.4, -0.2) is 30.8 Å². The number of aryl methyl sites for hydroxylation is 1. The molecule has 0 bridgehead atoms. The molecule has 134 valence electrons. The molecule has 0 amide bonds. The van der Waals surface area contributed by atoms with Crippen LogP contribution in [0.1, 0.15) is 30.3 Å². The summed E-state index contributed by atoms with van der Waals surface area (Å²) in [7, 11) is 3.42. The maximum Gasteiger partial charge on any atom is 0.266 e. The summed E-state index contributed by atoms with van der Waals surface area (Å²) >= 11 is 0. The second-order valence-corrected chi connectivity index (χ2v) is 6.81. The molecule has 0 radical (unpaired) electrons. The van der Waals surface area contributed by atoms with Crippen molar-refractivity contribution in [1.29, 1.82) is 0 Å². The summed E-state index contributed by atoms with van der Waals surface area (Å²) < 4.78 is 2.98. The summed E-state index contributed by atoms with van der Waals surface area (Å²) in [6, 6.07) is 9.12. The first-order valence-corrected chi connectivity index (χ1v) is 8.76. The summed E-state index contributed by atoms with van der Waals surface area (Å²) in [5, 5.41) is 4.74. The van der Waals surface area contributed by atoms with Crippen molar-refractivity contribution in [3.8, 4) is 0 Å². The highest BCUT2D eigenvalue weighted by Gasteiger charge is 2.29. The molecule has 1 saturated heterocycles. The first-order valence-electron chi connectivity index (χ1n) is 8.76. The van der Waals surface area contributed by atoms with E-state index in [2.05, 4.69) is 10.00 Å². The average molecular weight is 351 g/mol. The highest BCUT2D eigenvalue weighted by atomic mass is 16.1. The predicted octanol–water partition coefficient (Wildman–Crippen LogP) is 1.36. The van der Waals surface area contributed by atoms with Crippen molar-refractivity contribution in [2.24, 2.45) is 14.1 Å². The van der Waals surface area contributed by atoms with E-state index in [1.807, 2.05) is 24.3 Å². The fraction of sp³-hybridized carbons (Fsp3) is 0.368. The van der Waals surface area contributed by atoms with Crippen molar-refractivity contribution < 1.29 is 0 Å². The molecule has 1 aliphatic heterocycles. The Bertz CT molecular complexity index is 1090. The summed E-state index contributed by atoms with van der Waals surface area (Å²) in [5.41, 5.74) is 1.47. The third-order valence-corrected chi connectivity index (χ3v) is 5.09. The minimum absolute atomic E-state index is 0.0207. The van der Waals surface area contributed by atoms with Gasteiger partial charge in [-0.3, -0.25) is 19.1 Å². The van der Waals surface area contributed by atoms with Gasteiger partial charge in [-0.2, -0.15) is 5.10 Å². The van der Waals surface area contributed by atoms with E-state index in [0.717, 1.165) is 36.3 Å². The summed E-state index contributed by atoms with van der Waals surface area (Å²) in [6.07, 6.45) is 3.70. The molecule has 0 saturated carbocycles. The molecule has 1 atom stereocenters. The first kappa shape index (κ1) is 16.7. The third kappa shape index (κ3) is 2.84. The van der Waals surface area contributed by atoms with Gasteiger partial charge in [-0.05, 0) is 37.1 Å². The van der Waals surface area contributed by atoms with E-state index in [9.17, 15) is 9.59 Å². The van der Waals surface area contributed by atoms with Crippen molar-refractivity contribution in [2.45, 2.75) is 25.4 Å². The fourth-order valence-corrected chi connectivity index (χ4v) is 3.67. The minimum atomic E-state index is -0.116. The number of para-hydroxylation sites is 1. The smallest absolute Gasteiger partial charge is 0.266 e. The molecule has 2 aromatic heterocycles. The monoisotopic (exact) mass is 351 g/mol. The van der Waals surface area contributed by atoms with Crippen molar-refractivity contribution in [2.75, 3.05) is 6.54 Å².